The third kappa shape index (κ3) is 11.9. The van der Waals surface area contributed by atoms with Crippen molar-refractivity contribution >= 4 is 0 Å². The molecule has 0 saturated carbocycles. The monoisotopic (exact) mass is 386 g/mol. The van der Waals surface area contributed by atoms with Crippen molar-refractivity contribution in [3.8, 4) is 0 Å². The van der Waals surface area contributed by atoms with Gasteiger partial charge in [0.2, 0.25) is 0 Å². The molecule has 0 aliphatic carbocycles. The van der Waals surface area contributed by atoms with E-state index in [2.05, 4.69) is 19.1 Å². The normalized spacial score (nSPS) is 17.7. The van der Waals surface area contributed by atoms with E-state index in [4.69, 9.17) is 18.9 Å². The first-order valence-corrected chi connectivity index (χ1v) is 10.9. The van der Waals surface area contributed by atoms with Crippen molar-refractivity contribution in [2.24, 2.45) is 0 Å². The first kappa shape index (κ1) is 24.6. The van der Waals surface area contributed by atoms with Crippen molar-refractivity contribution < 1.29 is 24.1 Å². The molecule has 0 aromatic rings. The summed E-state index contributed by atoms with van der Waals surface area (Å²) in [6.45, 7) is 4.00. The minimum Gasteiger partial charge on any atom is -0.394 e. The number of rotatable bonds is 18. The van der Waals surface area contributed by atoms with E-state index in [1.165, 1.54) is 51.4 Å². The van der Waals surface area contributed by atoms with Crippen molar-refractivity contribution in [3.05, 3.63) is 12.2 Å². The Morgan fingerprint density at radius 1 is 0.963 bits per heavy atom. The van der Waals surface area contributed by atoms with Crippen LogP contribution in [-0.2, 0) is 18.9 Å². The van der Waals surface area contributed by atoms with E-state index in [0.717, 1.165) is 38.9 Å². The molecule has 1 heterocycles. The lowest BCUT2D eigenvalue weighted by atomic mass is 9.99. The molecule has 1 aliphatic heterocycles. The molecule has 5 heteroatoms. The summed E-state index contributed by atoms with van der Waals surface area (Å²) in [5, 5.41) is 9.21. The molecule has 1 saturated heterocycles. The number of allylic oxidation sites excluding steroid dienone is 1. The van der Waals surface area contributed by atoms with Crippen LogP contribution in [0.1, 0.15) is 84.0 Å². The van der Waals surface area contributed by atoms with Crippen LogP contribution in [0.25, 0.3) is 0 Å². The topological polar surface area (TPSA) is 57.2 Å². The second-order valence-corrected chi connectivity index (χ2v) is 7.46. The highest BCUT2D eigenvalue weighted by molar-refractivity contribution is 4.84. The average molecular weight is 387 g/mol. The molecule has 0 spiro atoms. The highest BCUT2D eigenvalue weighted by Crippen LogP contribution is 2.31. The Morgan fingerprint density at radius 3 is 2.26 bits per heavy atom. The fraction of sp³-hybridized carbons (Fsp3) is 0.909. The maximum Gasteiger partial charge on any atom is 0.168 e. The molecule has 0 radical (unpaired) electrons. The van der Waals surface area contributed by atoms with E-state index < -0.39 is 0 Å². The van der Waals surface area contributed by atoms with Crippen LogP contribution in [0.4, 0.5) is 0 Å². The largest absolute Gasteiger partial charge is 0.394 e. The lowest BCUT2D eigenvalue weighted by Crippen LogP contribution is -2.30. The fourth-order valence-corrected chi connectivity index (χ4v) is 3.47. The van der Waals surface area contributed by atoms with Gasteiger partial charge >= 0.3 is 0 Å². The van der Waals surface area contributed by atoms with Gasteiger partial charge in [-0.25, -0.2) is 0 Å². The fourth-order valence-electron chi connectivity index (χ4n) is 3.47. The molecule has 1 fully saturated rings. The summed E-state index contributed by atoms with van der Waals surface area (Å²) in [6.07, 6.45) is 17.9. The highest BCUT2D eigenvalue weighted by atomic mass is 16.7. The molecular formula is C22H42O5. The zero-order valence-electron chi connectivity index (χ0n) is 17.6. The number of hydrogen-bond acceptors (Lipinski definition) is 5. The molecular weight excluding hydrogens is 344 g/mol. The van der Waals surface area contributed by atoms with Crippen molar-refractivity contribution in [1.29, 1.82) is 0 Å². The van der Waals surface area contributed by atoms with Gasteiger partial charge in [-0.1, -0.05) is 51.2 Å². The number of aliphatic hydroxyl groups excluding tert-OH is 1. The van der Waals surface area contributed by atoms with Crippen LogP contribution in [-0.4, -0.2) is 50.7 Å². The van der Waals surface area contributed by atoms with Crippen molar-refractivity contribution in [2.45, 2.75) is 95.9 Å². The smallest absolute Gasteiger partial charge is 0.168 e. The molecule has 160 valence electrons. The van der Waals surface area contributed by atoms with Crippen LogP contribution in [0.15, 0.2) is 12.2 Å². The Labute approximate surface area is 166 Å². The average Bonchev–Trinajstić information content (AvgIpc) is 3.15. The summed E-state index contributed by atoms with van der Waals surface area (Å²) in [4.78, 5) is 0. The summed E-state index contributed by atoms with van der Waals surface area (Å²) >= 11 is 0. The predicted molar refractivity (Wildman–Crippen MR) is 109 cm³/mol. The van der Waals surface area contributed by atoms with Crippen LogP contribution in [0, 0.1) is 0 Å². The van der Waals surface area contributed by atoms with Gasteiger partial charge in [0.05, 0.1) is 25.9 Å². The van der Waals surface area contributed by atoms with E-state index in [9.17, 15) is 5.11 Å². The lowest BCUT2D eigenvalue weighted by Gasteiger charge is -2.27. The summed E-state index contributed by atoms with van der Waals surface area (Å²) in [6, 6.07) is 0. The number of aliphatic hydroxyl groups is 1. The van der Waals surface area contributed by atoms with E-state index >= 15 is 0 Å². The second kappa shape index (κ2) is 16.5. The van der Waals surface area contributed by atoms with Gasteiger partial charge in [-0.15, -0.1) is 0 Å². The quantitative estimate of drug-likeness (QED) is 0.205. The standard InChI is InChI=1S/C22H42O5/c1-3-4-5-12-15-22(26-17-18-27-22)16-13-10-8-6-7-9-11-14-21(19-23)25-20-24-2/h9,11,21,23H,3-8,10,12-20H2,1-2H3/b11-9+/t21-/m1/s1. The molecule has 0 aromatic heterocycles. The SMILES string of the molecule is CCCCCCC1(CCCCCC/C=C/C[C@H](CO)OCOC)OCCO1. The van der Waals surface area contributed by atoms with Gasteiger partial charge in [0.1, 0.15) is 6.79 Å². The summed E-state index contributed by atoms with van der Waals surface area (Å²) in [5.41, 5.74) is 0. The Bertz CT molecular complexity index is 353. The molecule has 1 aliphatic rings. The summed E-state index contributed by atoms with van der Waals surface area (Å²) in [5.74, 6) is -0.283. The number of ether oxygens (including phenoxy) is 4. The number of hydrogen-bond donors (Lipinski definition) is 1. The maximum absolute atomic E-state index is 9.21. The van der Waals surface area contributed by atoms with Crippen LogP contribution in [0.2, 0.25) is 0 Å². The third-order valence-corrected chi connectivity index (χ3v) is 5.09. The molecule has 0 unspecified atom stereocenters. The predicted octanol–water partition coefficient (Wildman–Crippen LogP) is 4.97. The zero-order valence-corrected chi connectivity index (χ0v) is 17.6. The first-order valence-electron chi connectivity index (χ1n) is 10.9. The second-order valence-electron chi connectivity index (χ2n) is 7.46. The van der Waals surface area contributed by atoms with Gasteiger partial charge in [-0.3, -0.25) is 0 Å². The van der Waals surface area contributed by atoms with Gasteiger partial charge in [-0.2, -0.15) is 0 Å². The molecule has 1 rings (SSSR count). The van der Waals surface area contributed by atoms with E-state index in [0.29, 0.717) is 0 Å². The van der Waals surface area contributed by atoms with Gasteiger partial charge in [0.25, 0.3) is 0 Å². The van der Waals surface area contributed by atoms with Crippen LogP contribution >= 0.6 is 0 Å². The lowest BCUT2D eigenvalue weighted by molar-refractivity contribution is -0.168. The Kier molecular flexibility index (Phi) is 15.0. The molecule has 0 bridgehead atoms. The third-order valence-electron chi connectivity index (χ3n) is 5.09. The molecule has 0 amide bonds. The molecule has 1 atom stereocenters. The minimum absolute atomic E-state index is 0.0258. The van der Waals surface area contributed by atoms with Crippen LogP contribution < -0.4 is 0 Å². The Hall–Kier alpha value is -0.460. The molecule has 1 N–H and O–H groups in total. The Balaban J connectivity index is 2.05. The van der Waals surface area contributed by atoms with Crippen LogP contribution in [0.3, 0.4) is 0 Å². The molecule has 27 heavy (non-hydrogen) atoms. The van der Waals surface area contributed by atoms with Crippen molar-refractivity contribution in [1.82, 2.24) is 0 Å². The summed E-state index contributed by atoms with van der Waals surface area (Å²) in [7, 11) is 1.59. The van der Waals surface area contributed by atoms with Gasteiger partial charge < -0.3 is 24.1 Å². The van der Waals surface area contributed by atoms with Gasteiger partial charge in [-0.05, 0) is 32.1 Å². The summed E-state index contributed by atoms with van der Waals surface area (Å²) < 4.78 is 22.1. The van der Waals surface area contributed by atoms with E-state index in [-0.39, 0.29) is 25.3 Å². The highest BCUT2D eigenvalue weighted by Gasteiger charge is 2.34. The van der Waals surface area contributed by atoms with Crippen molar-refractivity contribution in [2.75, 3.05) is 33.7 Å². The maximum atomic E-state index is 9.21. The number of unbranched alkanes of at least 4 members (excludes halogenated alkanes) is 7. The van der Waals surface area contributed by atoms with Gasteiger partial charge in [0.15, 0.2) is 5.79 Å². The minimum atomic E-state index is -0.283. The van der Waals surface area contributed by atoms with Gasteiger partial charge in [0, 0.05) is 20.0 Å². The molecule has 0 aromatic carbocycles. The van der Waals surface area contributed by atoms with Crippen LogP contribution in [0.5, 0.6) is 0 Å². The first-order chi connectivity index (χ1) is 13.3. The Morgan fingerprint density at radius 2 is 1.63 bits per heavy atom. The molecule has 5 nitrogen and oxygen atoms in total. The van der Waals surface area contributed by atoms with Crippen molar-refractivity contribution in [3.63, 3.8) is 0 Å². The number of methoxy groups -OCH3 is 1. The zero-order chi connectivity index (χ0) is 19.6. The van der Waals surface area contributed by atoms with E-state index in [1.807, 2.05) is 0 Å². The van der Waals surface area contributed by atoms with E-state index in [1.54, 1.807) is 7.11 Å².